The summed E-state index contributed by atoms with van der Waals surface area (Å²) in [5.74, 6) is -0.830. The molecule has 0 N–H and O–H groups in total. The van der Waals surface area contributed by atoms with E-state index in [1.54, 1.807) is 0 Å². The van der Waals surface area contributed by atoms with E-state index >= 15 is 0 Å². The molecule has 0 unspecified atom stereocenters. The molecule has 0 spiro atoms. The third-order valence-electron chi connectivity index (χ3n) is 3.62. The molecule has 2 atom stereocenters. The second-order valence-corrected chi connectivity index (χ2v) is 11.7. The van der Waals surface area contributed by atoms with Crippen molar-refractivity contribution in [1.29, 1.82) is 0 Å². The lowest BCUT2D eigenvalue weighted by atomic mass is 9.86. The molecular weight excluding hydrogens is 316 g/mol. The van der Waals surface area contributed by atoms with E-state index in [1.165, 1.54) is 23.5 Å². The van der Waals surface area contributed by atoms with Crippen molar-refractivity contribution < 1.29 is 14.4 Å². The normalized spacial score (nSPS) is 23.2. The Morgan fingerprint density at radius 1 is 1.00 bits per heavy atom. The Morgan fingerprint density at radius 2 is 1.41 bits per heavy atom. The highest BCUT2D eigenvalue weighted by atomic mass is 32.2. The highest BCUT2D eigenvalue weighted by Crippen LogP contribution is 2.42. The first-order valence-electron chi connectivity index (χ1n) is 7.80. The standard InChI is InChI=1S/C17H28O3S2/c1-10-11(8-9-12(10)18)13(14(19)21-16(2,3)4)15(20)22-17(5,6)7/h10-11,13H,8-9H2,1-7H3/t10-,11+/m0/s1. The summed E-state index contributed by atoms with van der Waals surface area (Å²) in [7, 11) is 0. The molecular formula is C17H28O3S2. The quantitative estimate of drug-likeness (QED) is 0.713. The van der Waals surface area contributed by atoms with Crippen molar-refractivity contribution in [2.24, 2.45) is 17.8 Å². The summed E-state index contributed by atoms with van der Waals surface area (Å²) in [4.78, 5) is 37.4. The molecule has 22 heavy (non-hydrogen) atoms. The summed E-state index contributed by atoms with van der Waals surface area (Å²) < 4.78 is -0.457. The third-order valence-corrected chi connectivity index (χ3v) is 5.76. The van der Waals surface area contributed by atoms with E-state index in [4.69, 9.17) is 0 Å². The van der Waals surface area contributed by atoms with Crippen LogP contribution in [0.2, 0.25) is 0 Å². The highest BCUT2D eigenvalue weighted by molar-refractivity contribution is 8.16. The molecule has 3 nitrogen and oxygen atoms in total. The zero-order valence-electron chi connectivity index (χ0n) is 14.7. The average molecular weight is 345 g/mol. The number of rotatable bonds is 3. The smallest absolute Gasteiger partial charge is 0.201 e. The summed E-state index contributed by atoms with van der Waals surface area (Å²) in [5, 5.41) is -0.165. The van der Waals surface area contributed by atoms with Gasteiger partial charge in [-0.15, -0.1) is 0 Å². The Kier molecular flexibility index (Phi) is 6.36. The molecule has 0 aliphatic heterocycles. The molecule has 1 aliphatic carbocycles. The van der Waals surface area contributed by atoms with Gasteiger partial charge in [0, 0.05) is 21.8 Å². The lowest BCUT2D eigenvalue weighted by Gasteiger charge is -2.28. The lowest BCUT2D eigenvalue weighted by Crippen LogP contribution is -2.34. The number of thioether (sulfide) groups is 2. The minimum Gasteiger partial charge on any atom is -0.299 e. The number of hydrogen-bond acceptors (Lipinski definition) is 5. The van der Waals surface area contributed by atoms with Gasteiger partial charge in [-0.05, 0) is 12.3 Å². The van der Waals surface area contributed by atoms with Crippen molar-refractivity contribution in [3.05, 3.63) is 0 Å². The van der Waals surface area contributed by atoms with E-state index < -0.39 is 5.92 Å². The molecule has 1 aliphatic rings. The van der Waals surface area contributed by atoms with Gasteiger partial charge in [0.15, 0.2) is 0 Å². The van der Waals surface area contributed by atoms with Crippen LogP contribution in [0.3, 0.4) is 0 Å². The fraction of sp³-hybridized carbons (Fsp3) is 0.824. The topological polar surface area (TPSA) is 51.2 Å². The Hall–Kier alpha value is -0.290. The lowest BCUT2D eigenvalue weighted by molar-refractivity contribution is -0.126. The predicted molar refractivity (Wildman–Crippen MR) is 95.1 cm³/mol. The number of carbonyl (C=O) groups excluding carboxylic acids is 3. The second kappa shape index (κ2) is 7.08. The fourth-order valence-electron chi connectivity index (χ4n) is 2.66. The van der Waals surface area contributed by atoms with Crippen LogP contribution in [0.1, 0.15) is 61.3 Å². The first-order chi connectivity index (χ1) is 9.82. The van der Waals surface area contributed by atoms with E-state index in [0.29, 0.717) is 12.8 Å². The van der Waals surface area contributed by atoms with Crippen LogP contribution in [-0.2, 0) is 14.4 Å². The van der Waals surface area contributed by atoms with Gasteiger partial charge in [0.25, 0.3) is 0 Å². The average Bonchev–Trinajstić information content (AvgIpc) is 2.56. The van der Waals surface area contributed by atoms with Gasteiger partial charge in [0.1, 0.15) is 11.7 Å². The van der Waals surface area contributed by atoms with Crippen LogP contribution in [0.15, 0.2) is 0 Å². The Balaban J connectivity index is 3.02. The monoisotopic (exact) mass is 344 g/mol. The van der Waals surface area contributed by atoms with Crippen LogP contribution >= 0.6 is 23.5 Å². The summed E-state index contributed by atoms with van der Waals surface area (Å²) >= 11 is 2.45. The first kappa shape index (κ1) is 19.8. The van der Waals surface area contributed by atoms with Crippen LogP contribution in [0.5, 0.6) is 0 Å². The van der Waals surface area contributed by atoms with Crippen molar-refractivity contribution in [1.82, 2.24) is 0 Å². The van der Waals surface area contributed by atoms with Gasteiger partial charge in [0.2, 0.25) is 10.2 Å². The maximum Gasteiger partial charge on any atom is 0.201 e. The van der Waals surface area contributed by atoms with Gasteiger partial charge in [-0.25, -0.2) is 0 Å². The summed E-state index contributed by atoms with van der Waals surface area (Å²) in [6.45, 7) is 13.7. The number of carbonyl (C=O) groups is 3. The Labute approximate surface area is 142 Å². The van der Waals surface area contributed by atoms with Crippen molar-refractivity contribution >= 4 is 39.5 Å². The summed E-state index contributed by atoms with van der Waals surface area (Å²) in [5.41, 5.74) is 0. The molecule has 1 fully saturated rings. The van der Waals surface area contributed by atoms with Crippen LogP contribution in [-0.4, -0.2) is 25.5 Å². The zero-order valence-corrected chi connectivity index (χ0v) is 16.3. The molecule has 0 amide bonds. The van der Waals surface area contributed by atoms with Crippen LogP contribution in [0.4, 0.5) is 0 Å². The number of Topliss-reactive ketones (excluding diaryl/α,β-unsaturated/α-hetero) is 1. The largest absolute Gasteiger partial charge is 0.299 e. The minimum absolute atomic E-state index is 0.0826. The van der Waals surface area contributed by atoms with Gasteiger partial charge in [-0.2, -0.15) is 0 Å². The van der Waals surface area contributed by atoms with Gasteiger partial charge in [-0.1, -0.05) is 72.0 Å². The third kappa shape index (κ3) is 5.73. The summed E-state index contributed by atoms with van der Waals surface area (Å²) in [6, 6.07) is 0. The molecule has 0 aromatic heterocycles. The minimum atomic E-state index is -0.671. The van der Waals surface area contributed by atoms with Gasteiger partial charge >= 0.3 is 0 Å². The van der Waals surface area contributed by atoms with Crippen molar-refractivity contribution in [2.45, 2.75) is 70.8 Å². The molecule has 126 valence electrons. The SMILES string of the molecule is C[C@@H]1C(=O)CC[C@H]1C(C(=O)SC(C)(C)C)C(=O)SC(C)(C)C. The van der Waals surface area contributed by atoms with Crippen LogP contribution < -0.4 is 0 Å². The maximum atomic E-state index is 12.7. The van der Waals surface area contributed by atoms with Crippen molar-refractivity contribution in [2.75, 3.05) is 0 Å². The number of ketones is 1. The molecule has 0 heterocycles. The molecule has 0 saturated heterocycles. The molecule has 1 saturated carbocycles. The second-order valence-electron chi connectivity index (χ2n) is 8.00. The maximum absolute atomic E-state index is 12.7. The van der Waals surface area contributed by atoms with Gasteiger partial charge in [0.05, 0.1) is 0 Å². The van der Waals surface area contributed by atoms with E-state index in [0.717, 1.165) is 0 Å². The highest BCUT2D eigenvalue weighted by Gasteiger charge is 2.45. The van der Waals surface area contributed by atoms with Crippen LogP contribution in [0, 0.1) is 17.8 Å². The Morgan fingerprint density at radius 3 is 1.68 bits per heavy atom. The van der Waals surface area contributed by atoms with Gasteiger partial charge in [-0.3, -0.25) is 14.4 Å². The summed E-state index contributed by atoms with van der Waals surface area (Å²) in [6.07, 6.45) is 1.14. The zero-order chi connectivity index (χ0) is 17.3. The van der Waals surface area contributed by atoms with Crippen LogP contribution in [0.25, 0.3) is 0 Å². The van der Waals surface area contributed by atoms with Crippen molar-refractivity contribution in [3.63, 3.8) is 0 Å². The van der Waals surface area contributed by atoms with E-state index in [9.17, 15) is 14.4 Å². The van der Waals surface area contributed by atoms with Crippen molar-refractivity contribution in [3.8, 4) is 0 Å². The van der Waals surface area contributed by atoms with E-state index in [2.05, 4.69) is 0 Å². The molecule has 0 aromatic carbocycles. The van der Waals surface area contributed by atoms with E-state index in [-0.39, 0.29) is 37.3 Å². The molecule has 0 bridgehead atoms. The fourth-order valence-corrected chi connectivity index (χ4v) is 4.76. The van der Waals surface area contributed by atoms with Gasteiger partial charge < -0.3 is 0 Å². The number of hydrogen-bond donors (Lipinski definition) is 0. The molecule has 0 radical (unpaired) electrons. The first-order valence-corrected chi connectivity index (χ1v) is 9.43. The predicted octanol–water partition coefficient (Wildman–Crippen LogP) is 4.33. The van der Waals surface area contributed by atoms with E-state index in [1.807, 2.05) is 48.5 Å². The molecule has 5 heteroatoms. The Bertz CT molecular complexity index is 430. The molecule has 0 aromatic rings. The molecule has 1 rings (SSSR count).